The van der Waals surface area contributed by atoms with E-state index < -0.39 is 5.60 Å². The molecule has 0 aromatic heterocycles. The highest BCUT2D eigenvalue weighted by Gasteiger charge is 2.48. The van der Waals surface area contributed by atoms with Crippen LogP contribution in [0.25, 0.3) is 0 Å². The molecule has 20 heavy (non-hydrogen) atoms. The number of carbonyl (C=O) groups excluding carboxylic acids is 1. The van der Waals surface area contributed by atoms with Crippen LogP contribution in [0.4, 0.5) is 0 Å². The minimum atomic E-state index is -0.499. The number of hydrogen-bond donors (Lipinski definition) is 2. The first-order valence-electron chi connectivity index (χ1n) is 8.31. The van der Waals surface area contributed by atoms with Crippen LogP contribution in [0, 0.1) is 11.3 Å². The minimum Gasteiger partial charge on any atom is -0.389 e. The molecule has 2 unspecified atom stereocenters. The van der Waals surface area contributed by atoms with Crippen LogP contribution in [0.2, 0.25) is 0 Å². The van der Waals surface area contributed by atoms with E-state index in [4.69, 9.17) is 5.73 Å². The molecule has 2 aliphatic carbocycles. The van der Waals surface area contributed by atoms with Gasteiger partial charge in [-0.2, -0.15) is 0 Å². The number of nitrogens with zero attached hydrogens (tertiary/aromatic N) is 1. The summed E-state index contributed by atoms with van der Waals surface area (Å²) >= 11 is 0. The molecule has 0 spiro atoms. The van der Waals surface area contributed by atoms with Crippen molar-refractivity contribution in [2.45, 2.75) is 63.4 Å². The zero-order valence-corrected chi connectivity index (χ0v) is 12.4. The lowest BCUT2D eigenvalue weighted by atomic mass is 9.70. The Labute approximate surface area is 121 Å². The van der Waals surface area contributed by atoms with Gasteiger partial charge in [0.05, 0.1) is 11.0 Å². The van der Waals surface area contributed by atoms with Gasteiger partial charge in [-0.25, -0.2) is 0 Å². The normalized spacial score (nSPS) is 36.7. The van der Waals surface area contributed by atoms with E-state index in [0.29, 0.717) is 13.1 Å². The van der Waals surface area contributed by atoms with Crippen LogP contribution in [0.15, 0.2) is 0 Å². The molecule has 1 aliphatic heterocycles. The molecule has 3 rings (SSSR count). The van der Waals surface area contributed by atoms with E-state index in [1.807, 2.05) is 4.90 Å². The maximum Gasteiger partial charge on any atom is 0.230 e. The average Bonchev–Trinajstić information content (AvgIpc) is 2.95. The molecule has 2 atom stereocenters. The van der Waals surface area contributed by atoms with E-state index in [-0.39, 0.29) is 17.2 Å². The Balaban J connectivity index is 1.71. The summed E-state index contributed by atoms with van der Waals surface area (Å²) in [5.74, 6) is 0.551. The fourth-order valence-corrected chi connectivity index (χ4v) is 4.65. The van der Waals surface area contributed by atoms with Crippen LogP contribution in [0.3, 0.4) is 0 Å². The van der Waals surface area contributed by atoms with E-state index in [0.717, 1.165) is 57.9 Å². The van der Waals surface area contributed by atoms with Crippen LogP contribution < -0.4 is 5.73 Å². The Morgan fingerprint density at radius 3 is 2.55 bits per heavy atom. The Bertz CT molecular complexity index is 379. The number of rotatable bonds is 2. The van der Waals surface area contributed by atoms with Gasteiger partial charge >= 0.3 is 0 Å². The summed E-state index contributed by atoms with van der Waals surface area (Å²) in [4.78, 5) is 14.9. The molecule has 2 saturated carbocycles. The van der Waals surface area contributed by atoms with Crippen molar-refractivity contribution in [2.75, 3.05) is 19.6 Å². The zero-order valence-electron chi connectivity index (χ0n) is 12.4. The van der Waals surface area contributed by atoms with E-state index in [2.05, 4.69) is 0 Å². The SMILES string of the molecule is NCC1(C(=O)N2CCC3(O)CCCCC3C2)CCCC1. The van der Waals surface area contributed by atoms with E-state index in [1.54, 1.807) is 0 Å². The number of amides is 1. The molecule has 1 amide bonds. The van der Waals surface area contributed by atoms with Gasteiger partial charge in [0, 0.05) is 25.6 Å². The lowest BCUT2D eigenvalue weighted by molar-refractivity contribution is -0.152. The number of nitrogens with two attached hydrogens (primary N) is 1. The molecule has 3 N–H and O–H groups in total. The second kappa shape index (κ2) is 5.30. The molecule has 1 saturated heterocycles. The molecule has 0 aromatic carbocycles. The van der Waals surface area contributed by atoms with E-state index >= 15 is 0 Å². The zero-order chi connectivity index (χ0) is 14.2. The summed E-state index contributed by atoms with van der Waals surface area (Å²) in [5.41, 5.74) is 5.15. The Morgan fingerprint density at radius 2 is 1.85 bits per heavy atom. The number of aliphatic hydroxyl groups is 1. The molecular formula is C16H28N2O2. The predicted octanol–water partition coefficient (Wildman–Crippen LogP) is 1.66. The van der Waals surface area contributed by atoms with Gasteiger partial charge in [-0.05, 0) is 32.1 Å². The molecule has 0 radical (unpaired) electrons. The molecule has 3 fully saturated rings. The summed E-state index contributed by atoms with van der Waals surface area (Å²) in [6, 6.07) is 0. The molecule has 4 nitrogen and oxygen atoms in total. The summed E-state index contributed by atoms with van der Waals surface area (Å²) in [6.45, 7) is 1.95. The van der Waals surface area contributed by atoms with Crippen LogP contribution in [0.5, 0.6) is 0 Å². The fraction of sp³-hybridized carbons (Fsp3) is 0.938. The lowest BCUT2D eigenvalue weighted by Crippen LogP contribution is -2.57. The van der Waals surface area contributed by atoms with Crippen LogP contribution >= 0.6 is 0 Å². The summed E-state index contributed by atoms with van der Waals surface area (Å²) in [5, 5.41) is 10.7. The van der Waals surface area contributed by atoms with Gasteiger partial charge in [-0.15, -0.1) is 0 Å². The third-order valence-corrected chi connectivity index (χ3v) is 6.12. The van der Waals surface area contributed by atoms with Crippen LogP contribution in [-0.4, -0.2) is 41.1 Å². The average molecular weight is 280 g/mol. The summed E-state index contributed by atoms with van der Waals surface area (Å²) in [7, 11) is 0. The van der Waals surface area contributed by atoms with Crippen molar-refractivity contribution in [3.8, 4) is 0 Å². The van der Waals surface area contributed by atoms with Crippen molar-refractivity contribution >= 4 is 5.91 Å². The van der Waals surface area contributed by atoms with Gasteiger partial charge in [-0.3, -0.25) is 4.79 Å². The van der Waals surface area contributed by atoms with Gasteiger partial charge in [0.1, 0.15) is 0 Å². The third-order valence-electron chi connectivity index (χ3n) is 6.12. The van der Waals surface area contributed by atoms with Gasteiger partial charge in [-0.1, -0.05) is 25.7 Å². The van der Waals surface area contributed by atoms with Crippen molar-refractivity contribution in [3.63, 3.8) is 0 Å². The van der Waals surface area contributed by atoms with Gasteiger partial charge < -0.3 is 15.7 Å². The first-order chi connectivity index (χ1) is 9.60. The first kappa shape index (κ1) is 14.3. The summed E-state index contributed by atoms with van der Waals surface area (Å²) in [6.07, 6.45) is 9.22. The number of carbonyl (C=O) groups is 1. The Morgan fingerprint density at radius 1 is 1.15 bits per heavy atom. The minimum absolute atomic E-state index is 0.269. The monoisotopic (exact) mass is 280 g/mol. The highest BCUT2D eigenvalue weighted by atomic mass is 16.3. The number of hydrogen-bond acceptors (Lipinski definition) is 3. The smallest absolute Gasteiger partial charge is 0.230 e. The van der Waals surface area contributed by atoms with Crippen molar-refractivity contribution in [1.29, 1.82) is 0 Å². The van der Waals surface area contributed by atoms with E-state index in [1.165, 1.54) is 6.42 Å². The largest absolute Gasteiger partial charge is 0.389 e. The second-order valence-corrected chi connectivity index (χ2v) is 7.24. The lowest BCUT2D eigenvalue weighted by Gasteiger charge is -2.49. The van der Waals surface area contributed by atoms with E-state index in [9.17, 15) is 9.90 Å². The number of piperidine rings is 1. The van der Waals surface area contributed by atoms with Gasteiger partial charge in [0.2, 0.25) is 5.91 Å². The standard InChI is InChI=1S/C16H28N2O2/c17-12-15(6-3-4-7-15)14(19)18-10-9-16(20)8-2-1-5-13(16)11-18/h13,20H,1-12,17H2. The third kappa shape index (κ3) is 2.27. The maximum atomic E-state index is 12.9. The topological polar surface area (TPSA) is 66.6 Å². The quantitative estimate of drug-likeness (QED) is 0.808. The van der Waals surface area contributed by atoms with Crippen molar-refractivity contribution in [1.82, 2.24) is 4.90 Å². The predicted molar refractivity (Wildman–Crippen MR) is 78.1 cm³/mol. The highest BCUT2D eigenvalue weighted by Crippen LogP contribution is 2.43. The Hall–Kier alpha value is -0.610. The summed E-state index contributed by atoms with van der Waals surface area (Å²) < 4.78 is 0. The second-order valence-electron chi connectivity index (χ2n) is 7.24. The molecule has 4 heteroatoms. The van der Waals surface area contributed by atoms with Crippen molar-refractivity contribution < 1.29 is 9.90 Å². The molecule has 114 valence electrons. The molecule has 1 heterocycles. The van der Waals surface area contributed by atoms with Crippen LogP contribution in [0.1, 0.15) is 57.8 Å². The highest BCUT2D eigenvalue weighted by molar-refractivity contribution is 5.83. The van der Waals surface area contributed by atoms with Gasteiger partial charge in [0.15, 0.2) is 0 Å². The maximum absolute atomic E-state index is 12.9. The van der Waals surface area contributed by atoms with Crippen molar-refractivity contribution in [2.24, 2.45) is 17.1 Å². The first-order valence-corrected chi connectivity index (χ1v) is 8.31. The Kier molecular flexibility index (Phi) is 3.80. The van der Waals surface area contributed by atoms with Gasteiger partial charge in [0.25, 0.3) is 0 Å². The number of fused-ring (bicyclic) bond motifs is 1. The molecule has 3 aliphatic rings. The number of likely N-dealkylation sites (tertiary alicyclic amines) is 1. The van der Waals surface area contributed by atoms with Crippen LogP contribution in [-0.2, 0) is 4.79 Å². The molecule has 0 bridgehead atoms. The molecule has 0 aromatic rings. The molecular weight excluding hydrogens is 252 g/mol. The van der Waals surface area contributed by atoms with Crippen molar-refractivity contribution in [3.05, 3.63) is 0 Å². The fourth-order valence-electron chi connectivity index (χ4n) is 4.65.